The first-order chi connectivity index (χ1) is 8.34. The van der Waals surface area contributed by atoms with E-state index in [0.717, 1.165) is 11.5 Å². The molecule has 0 atom stereocenters. The van der Waals surface area contributed by atoms with Gasteiger partial charge < -0.3 is 10.3 Å². The van der Waals surface area contributed by atoms with Crippen LogP contribution in [-0.2, 0) is 6.54 Å². The molecule has 0 saturated heterocycles. The van der Waals surface area contributed by atoms with E-state index >= 15 is 0 Å². The lowest BCUT2D eigenvalue weighted by Crippen LogP contribution is -2.09. The molecule has 1 aromatic heterocycles. The quantitative estimate of drug-likeness (QED) is 0.699. The Labute approximate surface area is 97.5 Å². The number of hydrogen-bond acceptors (Lipinski definition) is 5. The van der Waals surface area contributed by atoms with Crippen LogP contribution >= 0.6 is 0 Å². The van der Waals surface area contributed by atoms with Crippen molar-refractivity contribution in [2.75, 3.05) is 5.73 Å². The highest BCUT2D eigenvalue weighted by Crippen LogP contribution is 2.21. The van der Waals surface area contributed by atoms with Crippen molar-refractivity contribution < 1.29 is 0 Å². The molecule has 0 bridgehead atoms. The van der Waals surface area contributed by atoms with Crippen molar-refractivity contribution in [3.8, 4) is 11.5 Å². The summed E-state index contributed by atoms with van der Waals surface area (Å²) in [4.78, 5) is 16.6. The van der Waals surface area contributed by atoms with E-state index in [-0.39, 0.29) is 0 Å². The summed E-state index contributed by atoms with van der Waals surface area (Å²) in [6.45, 7) is 0.601. The van der Waals surface area contributed by atoms with E-state index in [2.05, 4.69) is 19.9 Å². The van der Waals surface area contributed by atoms with Crippen LogP contribution in [0.25, 0.3) is 11.5 Å². The van der Waals surface area contributed by atoms with Crippen LogP contribution in [0.3, 0.4) is 0 Å². The van der Waals surface area contributed by atoms with Gasteiger partial charge in [0.25, 0.3) is 0 Å². The van der Waals surface area contributed by atoms with Crippen molar-refractivity contribution in [1.29, 1.82) is 0 Å². The SMILES string of the molecule is Nc1ncn(Cc2ccccn2)c2ncnc1-2. The molecule has 0 fully saturated rings. The Bertz CT molecular complexity index is 603. The summed E-state index contributed by atoms with van der Waals surface area (Å²) in [5.41, 5.74) is 7.29. The van der Waals surface area contributed by atoms with Gasteiger partial charge in [0.1, 0.15) is 12.0 Å². The van der Waals surface area contributed by atoms with E-state index in [1.807, 2.05) is 22.8 Å². The smallest absolute Gasteiger partial charge is 0.165 e. The van der Waals surface area contributed by atoms with Gasteiger partial charge in [-0.3, -0.25) is 4.98 Å². The second-order valence-electron chi connectivity index (χ2n) is 3.62. The number of nitrogen functional groups attached to an aromatic ring is 1. The fourth-order valence-corrected chi connectivity index (χ4v) is 1.68. The monoisotopic (exact) mass is 226 g/mol. The molecule has 84 valence electrons. The van der Waals surface area contributed by atoms with E-state index < -0.39 is 0 Å². The molecule has 0 radical (unpaired) electrons. The lowest BCUT2D eigenvalue weighted by molar-refractivity contribution is 0.743. The third-order valence-corrected chi connectivity index (χ3v) is 2.49. The van der Waals surface area contributed by atoms with Crippen LogP contribution < -0.4 is 5.73 Å². The molecule has 2 N–H and O–H groups in total. The molecule has 2 aliphatic heterocycles. The molecule has 1 aromatic rings. The zero-order chi connectivity index (χ0) is 11.7. The van der Waals surface area contributed by atoms with Crippen molar-refractivity contribution in [2.45, 2.75) is 6.54 Å². The highest BCUT2D eigenvalue weighted by atomic mass is 15.1. The van der Waals surface area contributed by atoms with E-state index in [9.17, 15) is 0 Å². The van der Waals surface area contributed by atoms with E-state index in [1.165, 1.54) is 6.33 Å². The molecule has 0 amide bonds. The fraction of sp³-hybridized carbons (Fsp3) is 0.0909. The number of fused-ring (bicyclic) bond motifs is 1. The molecule has 0 aromatic carbocycles. The second kappa shape index (κ2) is 3.82. The molecule has 3 heterocycles. The van der Waals surface area contributed by atoms with Gasteiger partial charge in [0.15, 0.2) is 11.6 Å². The van der Waals surface area contributed by atoms with Gasteiger partial charge in [-0.1, -0.05) is 6.07 Å². The highest BCUT2D eigenvalue weighted by Gasteiger charge is 2.14. The molecule has 0 aliphatic carbocycles. The van der Waals surface area contributed by atoms with Crippen molar-refractivity contribution >= 4 is 5.82 Å². The van der Waals surface area contributed by atoms with Crippen LogP contribution in [0.5, 0.6) is 0 Å². The molecular formula is C11H10N6. The van der Waals surface area contributed by atoms with Crippen molar-refractivity contribution in [2.24, 2.45) is 0 Å². The predicted octanol–water partition coefficient (Wildman–Crippen LogP) is 0.803. The molecule has 17 heavy (non-hydrogen) atoms. The Morgan fingerprint density at radius 1 is 1.12 bits per heavy atom. The molecule has 0 saturated carbocycles. The van der Waals surface area contributed by atoms with Gasteiger partial charge in [0.2, 0.25) is 0 Å². The average molecular weight is 226 g/mol. The number of hydrogen-bond donors (Lipinski definition) is 1. The minimum Gasteiger partial charge on any atom is -0.382 e. The molecular weight excluding hydrogens is 216 g/mol. The predicted molar refractivity (Wildman–Crippen MR) is 62.2 cm³/mol. The Hall–Kier alpha value is -2.50. The fourth-order valence-electron chi connectivity index (χ4n) is 1.68. The van der Waals surface area contributed by atoms with Gasteiger partial charge in [-0.2, -0.15) is 0 Å². The Balaban J connectivity index is 2.02. The number of pyridine rings is 1. The third-order valence-electron chi connectivity index (χ3n) is 2.49. The summed E-state index contributed by atoms with van der Waals surface area (Å²) in [6, 6.07) is 5.78. The zero-order valence-corrected chi connectivity index (χ0v) is 8.98. The van der Waals surface area contributed by atoms with E-state index in [0.29, 0.717) is 18.1 Å². The number of nitrogens with two attached hydrogens (primary N) is 1. The zero-order valence-electron chi connectivity index (χ0n) is 8.98. The van der Waals surface area contributed by atoms with Crippen LogP contribution in [0.4, 0.5) is 5.82 Å². The van der Waals surface area contributed by atoms with Crippen LogP contribution in [0.2, 0.25) is 0 Å². The van der Waals surface area contributed by atoms with Gasteiger partial charge in [0.05, 0.1) is 18.6 Å². The summed E-state index contributed by atoms with van der Waals surface area (Å²) in [7, 11) is 0. The van der Waals surface area contributed by atoms with E-state index in [1.54, 1.807) is 12.5 Å². The minimum absolute atomic E-state index is 0.398. The number of anilines is 1. The molecule has 3 rings (SSSR count). The van der Waals surface area contributed by atoms with E-state index in [4.69, 9.17) is 5.73 Å². The van der Waals surface area contributed by atoms with Gasteiger partial charge in [-0.25, -0.2) is 15.0 Å². The third kappa shape index (κ3) is 1.69. The maximum absolute atomic E-state index is 5.72. The summed E-state index contributed by atoms with van der Waals surface area (Å²) in [6.07, 6.45) is 4.90. The Morgan fingerprint density at radius 3 is 2.88 bits per heavy atom. The second-order valence-corrected chi connectivity index (χ2v) is 3.62. The summed E-state index contributed by atoms with van der Waals surface area (Å²) in [5, 5.41) is 0. The van der Waals surface area contributed by atoms with Crippen LogP contribution in [0.15, 0.2) is 37.1 Å². The topological polar surface area (TPSA) is 82.5 Å². The Morgan fingerprint density at radius 2 is 2.06 bits per heavy atom. The largest absolute Gasteiger partial charge is 0.382 e. The number of nitrogens with zero attached hydrogens (tertiary/aromatic N) is 5. The van der Waals surface area contributed by atoms with Gasteiger partial charge in [-0.15, -0.1) is 0 Å². The Kier molecular flexibility index (Phi) is 2.18. The number of aromatic nitrogens is 5. The summed E-state index contributed by atoms with van der Waals surface area (Å²) in [5.74, 6) is 1.12. The molecule has 6 nitrogen and oxygen atoms in total. The standard InChI is InChI=1S/C11H10N6/c12-10-9-11(15-6-14-9)17(7-16-10)5-8-3-1-2-4-13-8/h1-4,6-7H,5,12H2. The first-order valence-corrected chi connectivity index (χ1v) is 5.16. The first kappa shape index (κ1) is 9.71. The normalized spacial score (nSPS) is 10.8. The molecule has 6 heteroatoms. The summed E-state index contributed by atoms with van der Waals surface area (Å²) >= 11 is 0. The summed E-state index contributed by atoms with van der Waals surface area (Å²) < 4.78 is 1.88. The maximum atomic E-state index is 5.72. The van der Waals surface area contributed by atoms with Crippen molar-refractivity contribution in [1.82, 2.24) is 24.5 Å². The molecule has 0 spiro atoms. The van der Waals surface area contributed by atoms with Crippen molar-refractivity contribution in [3.63, 3.8) is 0 Å². The lowest BCUT2D eigenvalue weighted by Gasteiger charge is -2.10. The lowest BCUT2D eigenvalue weighted by atomic mass is 10.3. The van der Waals surface area contributed by atoms with Gasteiger partial charge >= 0.3 is 0 Å². The molecule has 0 unspecified atom stereocenters. The van der Waals surface area contributed by atoms with Gasteiger partial charge in [-0.05, 0) is 12.1 Å². The van der Waals surface area contributed by atoms with Crippen LogP contribution in [0, 0.1) is 0 Å². The average Bonchev–Trinajstić information content (AvgIpc) is 2.84. The number of rotatable bonds is 2. The van der Waals surface area contributed by atoms with Gasteiger partial charge in [0, 0.05) is 6.20 Å². The van der Waals surface area contributed by atoms with Crippen LogP contribution in [-0.4, -0.2) is 24.5 Å². The minimum atomic E-state index is 0.398. The van der Waals surface area contributed by atoms with Crippen LogP contribution in [0.1, 0.15) is 5.69 Å². The maximum Gasteiger partial charge on any atom is 0.165 e. The highest BCUT2D eigenvalue weighted by molar-refractivity contribution is 5.64. The number of imidazole rings is 1. The first-order valence-electron chi connectivity index (χ1n) is 5.16. The van der Waals surface area contributed by atoms with Crippen molar-refractivity contribution in [3.05, 3.63) is 42.7 Å². The molecule has 2 aliphatic rings.